The number of thioether (sulfide) groups is 1. The fraction of sp³-hybridized carbons (Fsp3) is 0.409. The highest BCUT2D eigenvalue weighted by atomic mass is 32.2. The SMILES string of the molecule is COc1cc(OC)cc(-n2c(SCCN3CCCCC3)nnc2-c2cccnc2)c1. The standard InChI is InChI=1S/C22H27N5O2S/c1-28-19-13-18(14-20(15-19)29-2)27-21(17-7-6-8-23-16-17)24-25-22(27)30-12-11-26-9-4-3-5-10-26/h6-8,13-16H,3-5,9-12H2,1-2H3. The van der Waals surface area contributed by atoms with E-state index in [0.29, 0.717) is 0 Å². The van der Waals surface area contributed by atoms with E-state index in [4.69, 9.17) is 9.47 Å². The predicted molar refractivity (Wildman–Crippen MR) is 119 cm³/mol. The Bertz CT molecular complexity index is 935. The summed E-state index contributed by atoms with van der Waals surface area (Å²) < 4.78 is 13.0. The van der Waals surface area contributed by atoms with E-state index in [1.807, 2.05) is 30.3 Å². The lowest BCUT2D eigenvalue weighted by molar-refractivity contribution is 0.242. The molecule has 8 heteroatoms. The molecule has 1 aromatic carbocycles. The van der Waals surface area contributed by atoms with Gasteiger partial charge in [0.15, 0.2) is 11.0 Å². The highest BCUT2D eigenvalue weighted by molar-refractivity contribution is 7.99. The van der Waals surface area contributed by atoms with Gasteiger partial charge in [0.05, 0.1) is 19.9 Å². The monoisotopic (exact) mass is 425 g/mol. The molecule has 1 aliphatic rings. The van der Waals surface area contributed by atoms with Crippen LogP contribution in [0.3, 0.4) is 0 Å². The van der Waals surface area contributed by atoms with Crippen LogP contribution in [0.4, 0.5) is 0 Å². The first-order valence-corrected chi connectivity index (χ1v) is 11.2. The maximum absolute atomic E-state index is 5.48. The largest absolute Gasteiger partial charge is 0.497 e. The molecule has 0 spiro atoms. The van der Waals surface area contributed by atoms with Crippen LogP contribution in [0, 0.1) is 0 Å². The third-order valence-corrected chi connectivity index (χ3v) is 6.14. The van der Waals surface area contributed by atoms with Gasteiger partial charge < -0.3 is 14.4 Å². The summed E-state index contributed by atoms with van der Waals surface area (Å²) >= 11 is 1.72. The molecule has 3 aromatic rings. The van der Waals surface area contributed by atoms with E-state index < -0.39 is 0 Å². The van der Waals surface area contributed by atoms with Gasteiger partial charge in [0, 0.05) is 48.5 Å². The molecule has 4 rings (SSSR count). The van der Waals surface area contributed by atoms with E-state index in [1.165, 1.54) is 32.4 Å². The Balaban J connectivity index is 1.66. The van der Waals surface area contributed by atoms with Crippen molar-refractivity contribution in [2.75, 3.05) is 39.6 Å². The van der Waals surface area contributed by atoms with Gasteiger partial charge in [-0.2, -0.15) is 0 Å². The van der Waals surface area contributed by atoms with Crippen molar-refractivity contribution in [3.63, 3.8) is 0 Å². The summed E-state index contributed by atoms with van der Waals surface area (Å²) in [6.45, 7) is 3.45. The summed E-state index contributed by atoms with van der Waals surface area (Å²) in [6.07, 6.45) is 7.52. The zero-order valence-corrected chi connectivity index (χ0v) is 18.3. The van der Waals surface area contributed by atoms with E-state index >= 15 is 0 Å². The van der Waals surface area contributed by atoms with Gasteiger partial charge in [-0.3, -0.25) is 9.55 Å². The average Bonchev–Trinajstić information content (AvgIpc) is 3.24. The van der Waals surface area contributed by atoms with Crippen LogP contribution in [0.25, 0.3) is 17.1 Å². The second kappa shape index (κ2) is 9.95. The number of hydrogen-bond donors (Lipinski definition) is 0. The minimum absolute atomic E-state index is 0.722. The molecular weight excluding hydrogens is 398 g/mol. The van der Waals surface area contributed by atoms with Crippen LogP contribution in [-0.2, 0) is 0 Å². The minimum Gasteiger partial charge on any atom is -0.497 e. The fourth-order valence-corrected chi connectivity index (χ4v) is 4.60. The molecule has 0 N–H and O–H groups in total. The molecule has 0 atom stereocenters. The van der Waals surface area contributed by atoms with E-state index in [-0.39, 0.29) is 0 Å². The lowest BCUT2D eigenvalue weighted by Crippen LogP contribution is -2.31. The smallest absolute Gasteiger partial charge is 0.196 e. The molecule has 0 unspecified atom stereocenters. The Hall–Kier alpha value is -2.58. The molecule has 0 saturated carbocycles. The van der Waals surface area contributed by atoms with E-state index in [0.717, 1.165) is 46.0 Å². The Labute approximate surface area is 181 Å². The molecule has 1 saturated heterocycles. The summed E-state index contributed by atoms with van der Waals surface area (Å²) in [4.78, 5) is 6.79. The van der Waals surface area contributed by atoms with Crippen LogP contribution in [-0.4, -0.2) is 64.3 Å². The van der Waals surface area contributed by atoms with Crippen molar-refractivity contribution in [2.24, 2.45) is 0 Å². The minimum atomic E-state index is 0.722. The maximum Gasteiger partial charge on any atom is 0.196 e. The van der Waals surface area contributed by atoms with E-state index in [9.17, 15) is 0 Å². The van der Waals surface area contributed by atoms with Gasteiger partial charge in [-0.05, 0) is 38.1 Å². The number of piperidine rings is 1. The zero-order valence-electron chi connectivity index (χ0n) is 17.5. The summed E-state index contributed by atoms with van der Waals surface area (Å²) in [6, 6.07) is 9.71. The molecule has 7 nitrogen and oxygen atoms in total. The van der Waals surface area contributed by atoms with Gasteiger partial charge >= 0.3 is 0 Å². The summed E-state index contributed by atoms with van der Waals surface area (Å²) in [7, 11) is 3.31. The van der Waals surface area contributed by atoms with Gasteiger partial charge in [-0.15, -0.1) is 10.2 Å². The third-order valence-electron chi connectivity index (χ3n) is 5.23. The Morgan fingerprint density at radius 2 is 1.77 bits per heavy atom. The molecule has 1 fully saturated rings. The first-order chi connectivity index (χ1) is 14.8. The van der Waals surface area contributed by atoms with Gasteiger partial charge in [0.2, 0.25) is 0 Å². The molecule has 1 aliphatic heterocycles. The molecule has 0 radical (unpaired) electrons. The van der Waals surface area contributed by atoms with Crippen molar-refractivity contribution in [1.29, 1.82) is 0 Å². The zero-order chi connectivity index (χ0) is 20.8. The lowest BCUT2D eigenvalue weighted by atomic mass is 10.1. The second-order valence-corrected chi connectivity index (χ2v) is 8.27. The van der Waals surface area contributed by atoms with Crippen LogP contribution in [0.5, 0.6) is 11.5 Å². The van der Waals surface area contributed by atoms with Crippen molar-refractivity contribution in [3.8, 4) is 28.6 Å². The molecular formula is C22H27N5O2S. The number of ether oxygens (including phenoxy) is 2. The lowest BCUT2D eigenvalue weighted by Gasteiger charge is -2.25. The number of benzene rings is 1. The van der Waals surface area contributed by atoms with Gasteiger partial charge in [-0.25, -0.2) is 0 Å². The Kier molecular flexibility index (Phi) is 6.86. The average molecular weight is 426 g/mol. The molecule has 158 valence electrons. The maximum atomic E-state index is 5.48. The van der Waals surface area contributed by atoms with Crippen LogP contribution in [0.15, 0.2) is 47.9 Å². The van der Waals surface area contributed by atoms with Gasteiger partial charge in [0.1, 0.15) is 11.5 Å². The van der Waals surface area contributed by atoms with E-state index in [2.05, 4.69) is 24.6 Å². The molecule has 0 aliphatic carbocycles. The van der Waals surface area contributed by atoms with Gasteiger partial charge in [0.25, 0.3) is 0 Å². The van der Waals surface area contributed by atoms with E-state index in [1.54, 1.807) is 38.4 Å². The topological polar surface area (TPSA) is 65.3 Å². The second-order valence-electron chi connectivity index (χ2n) is 7.20. The summed E-state index contributed by atoms with van der Waals surface area (Å²) in [5.41, 5.74) is 1.81. The quantitative estimate of drug-likeness (QED) is 0.507. The van der Waals surface area contributed by atoms with Crippen molar-refractivity contribution in [1.82, 2.24) is 24.6 Å². The molecule has 0 amide bonds. The summed E-state index contributed by atoms with van der Waals surface area (Å²) in [5, 5.41) is 9.85. The van der Waals surface area contributed by atoms with Gasteiger partial charge in [-0.1, -0.05) is 18.2 Å². The molecule has 2 aromatic heterocycles. The highest BCUT2D eigenvalue weighted by Crippen LogP contribution is 2.32. The van der Waals surface area contributed by atoms with Crippen LogP contribution in [0.2, 0.25) is 0 Å². The fourth-order valence-electron chi connectivity index (χ4n) is 3.65. The predicted octanol–water partition coefficient (Wildman–Crippen LogP) is 3.92. The Morgan fingerprint density at radius 3 is 2.43 bits per heavy atom. The third kappa shape index (κ3) is 4.76. The Morgan fingerprint density at radius 1 is 1.00 bits per heavy atom. The van der Waals surface area contributed by atoms with Crippen molar-refractivity contribution >= 4 is 11.8 Å². The van der Waals surface area contributed by atoms with Crippen molar-refractivity contribution in [3.05, 3.63) is 42.7 Å². The van der Waals surface area contributed by atoms with Crippen LogP contribution < -0.4 is 9.47 Å². The van der Waals surface area contributed by atoms with Crippen LogP contribution in [0.1, 0.15) is 19.3 Å². The number of methoxy groups -OCH3 is 2. The van der Waals surface area contributed by atoms with Crippen LogP contribution >= 0.6 is 11.8 Å². The molecule has 30 heavy (non-hydrogen) atoms. The van der Waals surface area contributed by atoms with Crippen molar-refractivity contribution in [2.45, 2.75) is 24.4 Å². The molecule has 3 heterocycles. The number of nitrogens with zero attached hydrogens (tertiary/aromatic N) is 5. The number of pyridine rings is 1. The molecule has 0 bridgehead atoms. The number of hydrogen-bond acceptors (Lipinski definition) is 7. The number of aromatic nitrogens is 4. The number of likely N-dealkylation sites (tertiary alicyclic amines) is 1. The first kappa shape index (κ1) is 20.7. The highest BCUT2D eigenvalue weighted by Gasteiger charge is 2.18. The normalized spacial score (nSPS) is 14.6. The summed E-state index contributed by atoms with van der Waals surface area (Å²) in [5.74, 6) is 3.16. The number of rotatable bonds is 8. The first-order valence-electron chi connectivity index (χ1n) is 10.2. The van der Waals surface area contributed by atoms with Crippen molar-refractivity contribution < 1.29 is 9.47 Å².